The molecule has 0 saturated carbocycles. The Balaban J connectivity index is 3.51. The van der Waals surface area contributed by atoms with Gasteiger partial charge >= 0.3 is 18.3 Å². The summed E-state index contributed by atoms with van der Waals surface area (Å²) in [4.78, 5) is 0. The molecule has 0 unspecified atom stereocenters. The first-order valence-electron chi connectivity index (χ1n) is 5.11. The molecule has 0 amide bonds. The summed E-state index contributed by atoms with van der Waals surface area (Å²) in [7, 11) is 1.17. The molecule has 3 nitrogen and oxygen atoms in total. The van der Waals surface area contributed by atoms with Gasteiger partial charge in [-0.15, -0.1) is 0 Å². The third-order valence-corrected chi connectivity index (χ3v) is 3.14. The Kier molecular flexibility index (Phi) is 4.93. The minimum absolute atomic E-state index is 0.228. The lowest BCUT2D eigenvalue weighted by Gasteiger charge is -2.19. The molecule has 12 heteroatoms. The average molecular weight is 391 g/mol. The van der Waals surface area contributed by atoms with E-state index >= 15 is 0 Å². The maximum Gasteiger partial charge on any atom is 0.459 e. The van der Waals surface area contributed by atoms with E-state index in [1.54, 1.807) is 0 Å². The van der Waals surface area contributed by atoms with Gasteiger partial charge in [0, 0.05) is 7.11 Å². The molecule has 0 bridgehead atoms. The van der Waals surface area contributed by atoms with Gasteiger partial charge in [-0.1, -0.05) is 0 Å². The normalized spacial score (nSPS) is 13.8. The Morgan fingerprint density at radius 3 is 2.00 bits per heavy atom. The van der Waals surface area contributed by atoms with Crippen LogP contribution in [0.5, 0.6) is 0 Å². The number of aromatic nitrogens is 2. The fourth-order valence-corrected chi connectivity index (χ4v) is 2.04. The van der Waals surface area contributed by atoms with Crippen molar-refractivity contribution in [3.63, 3.8) is 0 Å². The Morgan fingerprint density at radius 1 is 1.10 bits per heavy atom. The quantitative estimate of drug-likeness (QED) is 0.727. The summed E-state index contributed by atoms with van der Waals surface area (Å²) in [5, 5.41) is 2.75. The maximum atomic E-state index is 13.2. The van der Waals surface area contributed by atoms with Gasteiger partial charge in [-0.05, 0) is 15.9 Å². The lowest BCUT2D eigenvalue weighted by molar-refractivity contribution is -0.292. The van der Waals surface area contributed by atoms with Gasteiger partial charge in [-0.3, -0.25) is 4.68 Å². The number of halogens is 9. The predicted molar refractivity (Wildman–Crippen MR) is 56.8 cm³/mol. The van der Waals surface area contributed by atoms with Crippen LogP contribution in [-0.2, 0) is 23.4 Å². The van der Waals surface area contributed by atoms with E-state index in [1.165, 1.54) is 7.11 Å². The third-order valence-electron chi connectivity index (χ3n) is 2.33. The van der Waals surface area contributed by atoms with Gasteiger partial charge in [0.1, 0.15) is 10.2 Å². The highest BCUT2D eigenvalue weighted by molar-refractivity contribution is 9.10. The van der Waals surface area contributed by atoms with Crippen molar-refractivity contribution < 1.29 is 39.9 Å². The molecule has 0 spiro atoms. The number of rotatable bonds is 4. The van der Waals surface area contributed by atoms with E-state index in [0.717, 1.165) is 0 Å². The number of nitrogens with zero attached hydrogens (tertiary/aromatic N) is 2. The monoisotopic (exact) mass is 390 g/mol. The first-order chi connectivity index (χ1) is 9.34. The average Bonchev–Trinajstić information content (AvgIpc) is 2.62. The molecular weight excluding hydrogens is 384 g/mol. The van der Waals surface area contributed by atoms with Crippen LogP contribution >= 0.6 is 15.9 Å². The zero-order chi connectivity index (χ0) is 16.6. The minimum atomic E-state index is -6.20. The van der Waals surface area contributed by atoms with Crippen molar-refractivity contribution in [1.82, 2.24) is 9.78 Å². The molecule has 0 aliphatic rings. The minimum Gasteiger partial charge on any atom is -0.383 e. The molecule has 0 N–H and O–H groups in total. The Labute approximate surface area is 121 Å². The van der Waals surface area contributed by atoms with E-state index in [4.69, 9.17) is 0 Å². The lowest BCUT2D eigenvalue weighted by Crippen LogP contribution is -2.36. The fraction of sp³-hybridized carbons (Fsp3) is 0.667. The van der Waals surface area contributed by atoms with Gasteiger partial charge in [-0.25, -0.2) is 0 Å². The Bertz CT molecular complexity index is 507. The molecule has 1 aromatic heterocycles. The number of hydrogen-bond donors (Lipinski definition) is 0. The fourth-order valence-electron chi connectivity index (χ4n) is 1.37. The van der Waals surface area contributed by atoms with Crippen LogP contribution in [0, 0.1) is 0 Å². The summed E-state index contributed by atoms with van der Waals surface area (Å²) >= 11 is 2.35. The number of hydrogen-bond acceptors (Lipinski definition) is 2. The number of ether oxygens (including phenoxy) is 1. The summed E-state index contributed by atoms with van der Waals surface area (Å²) in [5.74, 6) is -5.74. The smallest absolute Gasteiger partial charge is 0.383 e. The van der Waals surface area contributed by atoms with Crippen molar-refractivity contribution in [2.45, 2.75) is 24.8 Å². The molecule has 0 aliphatic carbocycles. The molecule has 0 radical (unpaired) electrons. The summed E-state index contributed by atoms with van der Waals surface area (Å²) in [5.41, 5.74) is -4.56. The van der Waals surface area contributed by atoms with Crippen LogP contribution in [0.4, 0.5) is 35.1 Å². The van der Waals surface area contributed by atoms with Crippen molar-refractivity contribution in [3.05, 3.63) is 15.9 Å². The molecule has 0 saturated heterocycles. The van der Waals surface area contributed by atoms with Crippen molar-refractivity contribution in [2.75, 3.05) is 13.7 Å². The predicted octanol–water partition coefficient (Wildman–Crippen LogP) is 3.96. The molecule has 1 aromatic rings. The molecular formula is C9H7BrF8N2O. The van der Waals surface area contributed by atoms with Crippen molar-refractivity contribution in [1.29, 1.82) is 0 Å². The second-order valence-corrected chi connectivity index (χ2v) is 4.55. The molecule has 1 heterocycles. The van der Waals surface area contributed by atoms with Crippen molar-refractivity contribution in [3.8, 4) is 0 Å². The van der Waals surface area contributed by atoms with Crippen LogP contribution in [0.1, 0.15) is 11.3 Å². The van der Waals surface area contributed by atoms with Crippen LogP contribution in [-0.4, -0.2) is 29.7 Å². The van der Waals surface area contributed by atoms with E-state index in [2.05, 4.69) is 25.8 Å². The van der Waals surface area contributed by atoms with E-state index in [9.17, 15) is 35.1 Å². The lowest BCUT2D eigenvalue weighted by atomic mass is 10.1. The van der Waals surface area contributed by atoms with E-state index in [-0.39, 0.29) is 6.61 Å². The molecule has 0 aromatic carbocycles. The molecule has 0 fully saturated rings. The highest BCUT2D eigenvalue weighted by Gasteiger charge is 2.64. The molecule has 0 aliphatic heterocycles. The van der Waals surface area contributed by atoms with Crippen LogP contribution in [0.15, 0.2) is 4.60 Å². The standard InChI is InChI=1S/C9H7BrF8N2O/c1-21-3-2-20-6(10)4(8(13,14)15)5(19-20)7(11,12)9(16,17)18/h2-3H2,1H3. The Morgan fingerprint density at radius 2 is 1.62 bits per heavy atom. The van der Waals surface area contributed by atoms with Crippen LogP contribution in [0.25, 0.3) is 0 Å². The highest BCUT2D eigenvalue weighted by Crippen LogP contribution is 2.49. The van der Waals surface area contributed by atoms with E-state index in [0.29, 0.717) is 4.68 Å². The van der Waals surface area contributed by atoms with Gasteiger partial charge in [0.2, 0.25) is 0 Å². The van der Waals surface area contributed by atoms with E-state index < -0.39 is 40.7 Å². The van der Waals surface area contributed by atoms with Crippen LogP contribution < -0.4 is 0 Å². The van der Waals surface area contributed by atoms with Crippen LogP contribution in [0.3, 0.4) is 0 Å². The van der Waals surface area contributed by atoms with E-state index in [1.807, 2.05) is 0 Å². The van der Waals surface area contributed by atoms with Gasteiger partial charge in [-0.2, -0.15) is 40.2 Å². The zero-order valence-corrected chi connectivity index (χ0v) is 11.7. The molecule has 21 heavy (non-hydrogen) atoms. The van der Waals surface area contributed by atoms with Gasteiger partial charge in [0.25, 0.3) is 0 Å². The Hall–Kier alpha value is -0.910. The largest absolute Gasteiger partial charge is 0.459 e. The maximum absolute atomic E-state index is 13.2. The molecule has 122 valence electrons. The van der Waals surface area contributed by atoms with Gasteiger partial charge < -0.3 is 4.74 Å². The SMILES string of the molecule is COCCn1nc(C(F)(F)C(F)(F)F)c(C(F)(F)F)c1Br. The van der Waals surface area contributed by atoms with Crippen molar-refractivity contribution >= 4 is 15.9 Å². The van der Waals surface area contributed by atoms with Gasteiger partial charge in [0.05, 0.1) is 13.2 Å². The second-order valence-electron chi connectivity index (χ2n) is 3.80. The second kappa shape index (κ2) is 5.71. The summed E-state index contributed by atoms with van der Waals surface area (Å²) < 4.78 is 105. The van der Waals surface area contributed by atoms with Gasteiger partial charge in [0.15, 0.2) is 5.69 Å². The number of alkyl halides is 8. The summed E-state index contributed by atoms with van der Waals surface area (Å²) in [6.45, 7) is -0.664. The first kappa shape index (κ1) is 18.1. The highest BCUT2D eigenvalue weighted by atomic mass is 79.9. The molecule has 1 rings (SSSR count). The topological polar surface area (TPSA) is 27.1 Å². The zero-order valence-electron chi connectivity index (χ0n) is 10.1. The first-order valence-corrected chi connectivity index (χ1v) is 5.90. The van der Waals surface area contributed by atoms with Crippen LogP contribution in [0.2, 0.25) is 0 Å². The third kappa shape index (κ3) is 3.47. The molecule has 0 atom stereocenters. The number of methoxy groups -OCH3 is 1. The summed E-state index contributed by atoms with van der Waals surface area (Å²) in [6, 6.07) is 0. The van der Waals surface area contributed by atoms with Crippen molar-refractivity contribution in [2.24, 2.45) is 0 Å². The summed E-state index contributed by atoms with van der Waals surface area (Å²) in [6.07, 6.45) is -11.6.